The lowest BCUT2D eigenvalue weighted by Crippen LogP contribution is -2.23. The molecule has 0 amide bonds. The fraction of sp³-hybridized carbons (Fsp3) is 0.333. The van der Waals surface area contributed by atoms with Crippen molar-refractivity contribution in [1.29, 1.82) is 0 Å². The molecule has 0 aliphatic heterocycles. The Bertz CT molecular complexity index is 681. The van der Waals surface area contributed by atoms with E-state index in [1.54, 1.807) is 24.0 Å². The Morgan fingerprint density at radius 1 is 1.35 bits per heavy atom. The lowest BCUT2D eigenvalue weighted by molar-refractivity contribution is 0.579. The molecule has 0 aliphatic rings. The van der Waals surface area contributed by atoms with E-state index in [0.29, 0.717) is 18.1 Å². The first-order valence-electron chi connectivity index (χ1n) is 6.19. The van der Waals surface area contributed by atoms with Gasteiger partial charge in [-0.05, 0) is 19.1 Å². The van der Waals surface area contributed by atoms with Gasteiger partial charge in [0.1, 0.15) is 5.82 Å². The summed E-state index contributed by atoms with van der Waals surface area (Å²) in [5.74, 6) is 0.535. The zero-order valence-electron chi connectivity index (χ0n) is 11.4. The second-order valence-corrected chi connectivity index (χ2v) is 5.98. The van der Waals surface area contributed by atoms with Crippen LogP contribution in [-0.2, 0) is 23.6 Å². The Labute approximate surface area is 118 Å². The number of nitrogens with one attached hydrogen (secondary N) is 2. The number of sulfonamides is 1. The highest BCUT2D eigenvalue weighted by Crippen LogP contribution is 2.12. The Morgan fingerprint density at radius 2 is 2.15 bits per heavy atom. The van der Waals surface area contributed by atoms with Crippen LogP contribution in [0.4, 0.5) is 5.82 Å². The van der Waals surface area contributed by atoms with Gasteiger partial charge in [0.15, 0.2) is 0 Å². The van der Waals surface area contributed by atoms with Gasteiger partial charge in [0.05, 0.1) is 17.1 Å². The monoisotopic (exact) mass is 295 g/mol. The quantitative estimate of drug-likeness (QED) is 0.820. The second kappa shape index (κ2) is 6.02. The van der Waals surface area contributed by atoms with E-state index >= 15 is 0 Å². The summed E-state index contributed by atoms with van der Waals surface area (Å²) in [6.07, 6.45) is 3.23. The Morgan fingerprint density at radius 3 is 2.80 bits per heavy atom. The summed E-state index contributed by atoms with van der Waals surface area (Å²) in [4.78, 5) is 4.23. The van der Waals surface area contributed by atoms with Crippen molar-refractivity contribution in [3.63, 3.8) is 0 Å². The van der Waals surface area contributed by atoms with E-state index in [4.69, 9.17) is 0 Å². The zero-order chi connectivity index (χ0) is 14.6. The van der Waals surface area contributed by atoms with Crippen molar-refractivity contribution in [2.75, 3.05) is 11.9 Å². The molecule has 2 aromatic heterocycles. The molecule has 20 heavy (non-hydrogen) atoms. The number of aromatic nitrogens is 3. The van der Waals surface area contributed by atoms with Crippen molar-refractivity contribution in [3.05, 3.63) is 36.3 Å². The minimum Gasteiger partial charge on any atom is -0.370 e. The van der Waals surface area contributed by atoms with Gasteiger partial charge in [-0.25, -0.2) is 18.1 Å². The van der Waals surface area contributed by atoms with Crippen LogP contribution in [0.25, 0.3) is 0 Å². The standard InChI is InChI=1S/C12H17N5O2S/c1-3-13-12-8-11(4-6-14-12)20(18,19)15-9-10-5-7-17(2)16-10/h4-8,15H,3,9H2,1-2H3,(H,13,14). The SMILES string of the molecule is CCNc1cc(S(=O)(=O)NCc2ccn(C)n2)ccn1. The molecular weight excluding hydrogens is 278 g/mol. The maximum absolute atomic E-state index is 12.2. The van der Waals surface area contributed by atoms with Crippen molar-refractivity contribution >= 4 is 15.8 Å². The Hall–Kier alpha value is -1.93. The number of nitrogens with zero attached hydrogens (tertiary/aromatic N) is 3. The average molecular weight is 295 g/mol. The predicted molar refractivity (Wildman–Crippen MR) is 75.6 cm³/mol. The van der Waals surface area contributed by atoms with Crippen LogP contribution in [0.2, 0.25) is 0 Å². The third-order valence-corrected chi connectivity index (χ3v) is 4.01. The van der Waals surface area contributed by atoms with Crippen LogP contribution in [0.1, 0.15) is 12.6 Å². The highest BCUT2D eigenvalue weighted by atomic mass is 32.2. The van der Waals surface area contributed by atoms with E-state index in [2.05, 4.69) is 20.1 Å². The first-order valence-corrected chi connectivity index (χ1v) is 7.67. The van der Waals surface area contributed by atoms with E-state index in [9.17, 15) is 8.42 Å². The van der Waals surface area contributed by atoms with Gasteiger partial charge in [-0.1, -0.05) is 0 Å². The predicted octanol–water partition coefficient (Wildman–Crippen LogP) is 0.725. The number of hydrogen-bond acceptors (Lipinski definition) is 5. The second-order valence-electron chi connectivity index (χ2n) is 4.21. The van der Waals surface area contributed by atoms with Crippen LogP contribution < -0.4 is 10.0 Å². The molecular formula is C12H17N5O2S. The number of anilines is 1. The van der Waals surface area contributed by atoms with Crippen LogP contribution in [0.5, 0.6) is 0 Å². The van der Waals surface area contributed by atoms with E-state index in [0.717, 1.165) is 0 Å². The van der Waals surface area contributed by atoms with Crippen LogP contribution >= 0.6 is 0 Å². The van der Waals surface area contributed by atoms with Gasteiger partial charge in [0.2, 0.25) is 10.0 Å². The van der Waals surface area contributed by atoms with Crippen molar-refractivity contribution in [2.45, 2.75) is 18.4 Å². The summed E-state index contributed by atoms with van der Waals surface area (Å²) >= 11 is 0. The molecule has 0 spiro atoms. The van der Waals surface area contributed by atoms with Crippen molar-refractivity contribution in [2.24, 2.45) is 7.05 Å². The van der Waals surface area contributed by atoms with Crippen molar-refractivity contribution in [3.8, 4) is 0 Å². The number of pyridine rings is 1. The summed E-state index contributed by atoms with van der Waals surface area (Å²) in [6, 6.07) is 4.73. The highest BCUT2D eigenvalue weighted by Gasteiger charge is 2.15. The van der Waals surface area contributed by atoms with Gasteiger partial charge in [0, 0.05) is 32.1 Å². The molecule has 2 rings (SSSR count). The van der Waals surface area contributed by atoms with E-state index in [1.807, 2.05) is 6.92 Å². The van der Waals surface area contributed by atoms with Gasteiger partial charge >= 0.3 is 0 Å². The molecule has 0 atom stereocenters. The number of rotatable bonds is 6. The average Bonchev–Trinajstić information content (AvgIpc) is 2.83. The fourth-order valence-corrected chi connectivity index (χ4v) is 2.68. The first kappa shape index (κ1) is 14.5. The summed E-state index contributed by atoms with van der Waals surface area (Å²) in [5, 5.41) is 7.10. The molecule has 8 heteroatoms. The molecule has 0 saturated heterocycles. The van der Waals surface area contributed by atoms with Crippen LogP contribution in [0.15, 0.2) is 35.5 Å². The minimum atomic E-state index is -3.57. The third kappa shape index (κ3) is 3.55. The van der Waals surface area contributed by atoms with Gasteiger partial charge < -0.3 is 5.32 Å². The normalized spacial score (nSPS) is 11.5. The first-order chi connectivity index (χ1) is 9.51. The lowest BCUT2D eigenvalue weighted by atomic mass is 10.4. The maximum atomic E-state index is 12.2. The zero-order valence-corrected chi connectivity index (χ0v) is 12.2. The summed E-state index contributed by atoms with van der Waals surface area (Å²) < 4.78 is 28.5. The fourth-order valence-electron chi connectivity index (χ4n) is 1.67. The number of hydrogen-bond donors (Lipinski definition) is 2. The molecule has 108 valence electrons. The minimum absolute atomic E-state index is 0.155. The van der Waals surface area contributed by atoms with Crippen LogP contribution in [-0.4, -0.2) is 29.7 Å². The molecule has 2 aromatic rings. The molecule has 0 radical (unpaired) electrons. The van der Waals surface area contributed by atoms with Gasteiger partial charge in [0.25, 0.3) is 0 Å². The molecule has 0 aliphatic carbocycles. The summed E-state index contributed by atoms with van der Waals surface area (Å²) in [7, 11) is -1.79. The van der Waals surface area contributed by atoms with E-state index in [-0.39, 0.29) is 11.4 Å². The maximum Gasteiger partial charge on any atom is 0.241 e. The van der Waals surface area contributed by atoms with Crippen molar-refractivity contribution < 1.29 is 8.42 Å². The Kier molecular flexibility index (Phi) is 4.35. The molecule has 0 unspecified atom stereocenters. The topological polar surface area (TPSA) is 88.9 Å². The molecule has 2 heterocycles. The molecule has 0 fully saturated rings. The van der Waals surface area contributed by atoms with Crippen LogP contribution in [0, 0.1) is 0 Å². The van der Waals surface area contributed by atoms with Gasteiger partial charge in [-0.15, -0.1) is 0 Å². The van der Waals surface area contributed by atoms with Crippen molar-refractivity contribution in [1.82, 2.24) is 19.5 Å². The molecule has 0 bridgehead atoms. The smallest absolute Gasteiger partial charge is 0.241 e. The largest absolute Gasteiger partial charge is 0.370 e. The van der Waals surface area contributed by atoms with E-state index < -0.39 is 10.0 Å². The van der Waals surface area contributed by atoms with E-state index in [1.165, 1.54) is 18.3 Å². The molecule has 0 saturated carbocycles. The third-order valence-electron chi connectivity index (χ3n) is 2.61. The molecule has 0 aromatic carbocycles. The van der Waals surface area contributed by atoms with Gasteiger partial charge in [-0.2, -0.15) is 5.10 Å². The molecule has 2 N–H and O–H groups in total. The Balaban J connectivity index is 2.11. The van der Waals surface area contributed by atoms with Crippen LogP contribution in [0.3, 0.4) is 0 Å². The lowest BCUT2D eigenvalue weighted by Gasteiger charge is -2.07. The molecule has 7 nitrogen and oxygen atoms in total. The number of aryl methyl sites for hydroxylation is 1. The highest BCUT2D eigenvalue weighted by molar-refractivity contribution is 7.89. The summed E-state index contributed by atoms with van der Waals surface area (Å²) in [6.45, 7) is 2.75. The summed E-state index contributed by atoms with van der Waals surface area (Å²) in [5.41, 5.74) is 0.664. The van der Waals surface area contributed by atoms with Gasteiger partial charge in [-0.3, -0.25) is 4.68 Å².